The molecule has 1 amide bonds. The Morgan fingerprint density at radius 1 is 1.04 bits per heavy atom. The molecule has 4 rings (SSSR count). The lowest BCUT2D eigenvalue weighted by atomic mass is 10.1. The van der Waals surface area contributed by atoms with E-state index in [-0.39, 0.29) is 5.91 Å². The Morgan fingerprint density at radius 2 is 1.77 bits per heavy atom. The topological polar surface area (TPSA) is 36.7 Å². The van der Waals surface area contributed by atoms with Crippen LogP contribution in [0.5, 0.6) is 0 Å². The first kappa shape index (κ1) is 17.3. The third-order valence-corrected chi connectivity index (χ3v) is 5.41. The van der Waals surface area contributed by atoms with Gasteiger partial charge in [0.1, 0.15) is 5.58 Å². The molecule has 1 saturated heterocycles. The molecule has 1 aliphatic rings. The number of amides is 1. The van der Waals surface area contributed by atoms with Gasteiger partial charge in [0.05, 0.1) is 10.7 Å². The highest BCUT2D eigenvalue weighted by molar-refractivity contribution is 6.33. The quantitative estimate of drug-likeness (QED) is 0.618. The average molecular weight is 389 g/mol. The van der Waals surface area contributed by atoms with E-state index in [0.717, 1.165) is 34.7 Å². The van der Waals surface area contributed by atoms with Crippen LogP contribution < -0.4 is 4.90 Å². The van der Waals surface area contributed by atoms with Crippen molar-refractivity contribution in [3.8, 4) is 0 Å². The van der Waals surface area contributed by atoms with Crippen molar-refractivity contribution in [2.75, 3.05) is 31.1 Å². The van der Waals surface area contributed by atoms with E-state index >= 15 is 0 Å². The molecule has 1 fully saturated rings. The van der Waals surface area contributed by atoms with E-state index in [4.69, 9.17) is 27.6 Å². The Hall–Kier alpha value is -2.17. The van der Waals surface area contributed by atoms with Crippen LogP contribution in [-0.4, -0.2) is 37.0 Å². The maximum absolute atomic E-state index is 12.9. The fourth-order valence-electron chi connectivity index (χ4n) is 3.40. The number of anilines is 1. The lowest BCUT2D eigenvalue weighted by molar-refractivity contribution is 0.0716. The van der Waals surface area contributed by atoms with Crippen LogP contribution in [0.25, 0.3) is 11.0 Å². The number of piperazine rings is 1. The van der Waals surface area contributed by atoms with Gasteiger partial charge in [-0.05, 0) is 37.3 Å². The molecule has 0 spiro atoms. The summed E-state index contributed by atoms with van der Waals surface area (Å²) < 4.78 is 5.81. The van der Waals surface area contributed by atoms with Gasteiger partial charge in [0, 0.05) is 42.2 Å². The van der Waals surface area contributed by atoms with Crippen molar-refractivity contribution in [2.24, 2.45) is 0 Å². The molecule has 1 aromatic heterocycles. The number of halogens is 2. The Labute approximate surface area is 161 Å². The van der Waals surface area contributed by atoms with Gasteiger partial charge in [-0.25, -0.2) is 0 Å². The highest BCUT2D eigenvalue weighted by atomic mass is 35.5. The smallest absolute Gasteiger partial charge is 0.290 e. The second kappa shape index (κ2) is 6.86. The van der Waals surface area contributed by atoms with E-state index in [2.05, 4.69) is 4.90 Å². The molecular weight excluding hydrogens is 371 g/mol. The summed E-state index contributed by atoms with van der Waals surface area (Å²) >= 11 is 12.3. The molecule has 4 nitrogen and oxygen atoms in total. The molecule has 134 valence electrons. The normalized spacial score (nSPS) is 14.9. The zero-order chi connectivity index (χ0) is 18.3. The summed E-state index contributed by atoms with van der Waals surface area (Å²) in [5.41, 5.74) is 2.53. The predicted molar refractivity (Wildman–Crippen MR) is 106 cm³/mol. The molecule has 0 saturated carbocycles. The van der Waals surface area contributed by atoms with Gasteiger partial charge in [-0.2, -0.15) is 0 Å². The van der Waals surface area contributed by atoms with Crippen molar-refractivity contribution in [3.05, 3.63) is 63.8 Å². The number of aryl methyl sites for hydroxylation is 1. The fourth-order valence-corrected chi connectivity index (χ4v) is 3.83. The highest BCUT2D eigenvalue weighted by Crippen LogP contribution is 2.30. The minimum atomic E-state index is -0.0753. The monoisotopic (exact) mass is 388 g/mol. The first-order chi connectivity index (χ1) is 12.5. The van der Waals surface area contributed by atoms with Gasteiger partial charge in [-0.3, -0.25) is 4.79 Å². The lowest BCUT2D eigenvalue weighted by Crippen LogP contribution is -2.48. The molecule has 0 N–H and O–H groups in total. The van der Waals surface area contributed by atoms with E-state index in [1.54, 1.807) is 12.1 Å². The number of rotatable bonds is 2. The van der Waals surface area contributed by atoms with E-state index < -0.39 is 0 Å². The summed E-state index contributed by atoms with van der Waals surface area (Å²) in [5.74, 6) is 0.321. The second-order valence-corrected chi connectivity index (χ2v) is 7.27. The molecule has 0 atom stereocenters. The van der Waals surface area contributed by atoms with E-state index in [9.17, 15) is 4.79 Å². The largest absolute Gasteiger partial charge is 0.451 e. The maximum Gasteiger partial charge on any atom is 0.290 e. The Morgan fingerprint density at radius 3 is 2.50 bits per heavy atom. The minimum Gasteiger partial charge on any atom is -0.451 e. The number of carbonyl (C=O) groups is 1. The Bertz CT molecular complexity index is 975. The van der Waals surface area contributed by atoms with Crippen LogP contribution in [0.1, 0.15) is 16.1 Å². The molecule has 0 bridgehead atoms. The van der Waals surface area contributed by atoms with Gasteiger partial charge in [-0.15, -0.1) is 0 Å². The maximum atomic E-state index is 12.9. The number of benzene rings is 2. The molecule has 0 radical (unpaired) electrons. The first-order valence-corrected chi connectivity index (χ1v) is 9.27. The number of nitrogens with zero attached hydrogens (tertiary/aromatic N) is 2. The van der Waals surface area contributed by atoms with E-state index in [1.807, 2.05) is 42.2 Å². The number of hydrogen-bond donors (Lipinski definition) is 0. The molecular formula is C20H18Cl2N2O2. The Kier molecular flexibility index (Phi) is 4.55. The third kappa shape index (κ3) is 3.04. The van der Waals surface area contributed by atoms with Crippen LogP contribution in [0.4, 0.5) is 5.69 Å². The predicted octanol–water partition coefficient (Wildman–Crippen LogP) is 5.01. The standard InChI is InChI=1S/C20H18Cl2N2O2/c1-13-15-12-14(21)6-7-18(15)26-19(13)20(25)24-10-8-23(9-11-24)17-5-3-2-4-16(17)22/h2-7,12H,8-11H2,1H3. The summed E-state index contributed by atoms with van der Waals surface area (Å²) in [4.78, 5) is 17.0. The molecule has 1 aliphatic heterocycles. The summed E-state index contributed by atoms with van der Waals surface area (Å²) in [6, 6.07) is 13.2. The van der Waals surface area contributed by atoms with Crippen LogP contribution in [0, 0.1) is 6.92 Å². The molecule has 2 heterocycles. The summed E-state index contributed by atoms with van der Waals surface area (Å²) in [7, 11) is 0. The number of carbonyl (C=O) groups excluding carboxylic acids is 1. The number of furan rings is 1. The highest BCUT2D eigenvalue weighted by Gasteiger charge is 2.27. The van der Waals surface area contributed by atoms with Crippen molar-refractivity contribution in [1.29, 1.82) is 0 Å². The number of para-hydroxylation sites is 1. The van der Waals surface area contributed by atoms with Crippen molar-refractivity contribution >= 4 is 45.8 Å². The van der Waals surface area contributed by atoms with Crippen molar-refractivity contribution < 1.29 is 9.21 Å². The van der Waals surface area contributed by atoms with Gasteiger partial charge in [0.25, 0.3) is 5.91 Å². The third-order valence-electron chi connectivity index (χ3n) is 4.85. The summed E-state index contributed by atoms with van der Waals surface area (Å²) in [6.45, 7) is 4.62. The number of fused-ring (bicyclic) bond motifs is 1. The van der Waals surface area contributed by atoms with Crippen LogP contribution in [0.2, 0.25) is 10.0 Å². The van der Waals surface area contributed by atoms with Crippen LogP contribution in [-0.2, 0) is 0 Å². The van der Waals surface area contributed by atoms with Gasteiger partial charge in [0.2, 0.25) is 0 Å². The number of hydrogen-bond acceptors (Lipinski definition) is 3. The minimum absolute atomic E-state index is 0.0753. The van der Waals surface area contributed by atoms with Crippen LogP contribution >= 0.6 is 23.2 Å². The van der Waals surface area contributed by atoms with Crippen molar-refractivity contribution in [1.82, 2.24) is 4.90 Å². The van der Waals surface area contributed by atoms with E-state index in [0.29, 0.717) is 29.5 Å². The zero-order valence-corrected chi connectivity index (χ0v) is 15.8. The van der Waals surface area contributed by atoms with Crippen LogP contribution in [0.3, 0.4) is 0 Å². The molecule has 0 unspecified atom stereocenters. The zero-order valence-electron chi connectivity index (χ0n) is 14.3. The molecule has 0 aliphatic carbocycles. The molecule has 26 heavy (non-hydrogen) atoms. The van der Waals surface area contributed by atoms with E-state index in [1.165, 1.54) is 0 Å². The molecule has 6 heteroatoms. The van der Waals surface area contributed by atoms with Crippen molar-refractivity contribution in [2.45, 2.75) is 6.92 Å². The van der Waals surface area contributed by atoms with Gasteiger partial charge in [0.15, 0.2) is 5.76 Å². The van der Waals surface area contributed by atoms with Gasteiger partial charge >= 0.3 is 0 Å². The average Bonchev–Trinajstić information content (AvgIpc) is 2.98. The first-order valence-electron chi connectivity index (χ1n) is 8.52. The van der Waals surface area contributed by atoms with Crippen molar-refractivity contribution in [3.63, 3.8) is 0 Å². The molecule has 2 aromatic carbocycles. The van der Waals surface area contributed by atoms with Gasteiger partial charge in [-0.1, -0.05) is 35.3 Å². The second-order valence-electron chi connectivity index (χ2n) is 6.43. The van der Waals surface area contributed by atoms with Crippen LogP contribution in [0.15, 0.2) is 46.9 Å². The Balaban J connectivity index is 1.52. The SMILES string of the molecule is Cc1c(C(=O)N2CCN(c3ccccc3Cl)CC2)oc2ccc(Cl)cc12. The van der Waals surface area contributed by atoms with Gasteiger partial charge < -0.3 is 14.2 Å². The lowest BCUT2D eigenvalue weighted by Gasteiger charge is -2.36. The summed E-state index contributed by atoms with van der Waals surface area (Å²) in [6.07, 6.45) is 0. The summed E-state index contributed by atoms with van der Waals surface area (Å²) in [5, 5.41) is 2.25. The molecule has 3 aromatic rings. The fraction of sp³-hybridized carbons (Fsp3) is 0.250.